The van der Waals surface area contributed by atoms with Crippen molar-refractivity contribution in [2.75, 3.05) is 12.4 Å². The molecule has 12 nitrogen and oxygen atoms in total. The Morgan fingerprint density at radius 1 is 1.35 bits per heavy atom. The predicted octanol–water partition coefficient (Wildman–Crippen LogP) is -1.44. The summed E-state index contributed by atoms with van der Waals surface area (Å²) < 4.78 is 4.86. The van der Waals surface area contributed by atoms with E-state index in [-0.39, 0.29) is 17.5 Å². The lowest BCUT2D eigenvalue weighted by atomic mass is 10.2. The number of carboxylic acid groups (broad SMARTS) is 1. The second kappa shape index (κ2) is 9.46. The third kappa shape index (κ3) is 6.74. The van der Waals surface area contributed by atoms with Gasteiger partial charge in [-0.2, -0.15) is 0 Å². The van der Waals surface area contributed by atoms with Gasteiger partial charge < -0.3 is 26.6 Å². The first-order valence-corrected chi connectivity index (χ1v) is 7.13. The predicted molar refractivity (Wildman–Crippen MR) is 92.3 cm³/mol. The Balaban J connectivity index is 2.82. The maximum Gasteiger partial charge on any atom is 0.313 e. The van der Waals surface area contributed by atoms with Crippen molar-refractivity contribution in [1.29, 1.82) is 5.41 Å². The molecule has 0 heterocycles. The lowest BCUT2D eigenvalue weighted by molar-refractivity contribution is -0.139. The topological polar surface area (TPSA) is 205 Å². The molecule has 0 saturated heterocycles. The van der Waals surface area contributed by atoms with Crippen LogP contribution in [0.2, 0.25) is 0 Å². The minimum Gasteiger partial charge on any atom is -0.481 e. The van der Waals surface area contributed by atoms with Crippen molar-refractivity contribution in [1.82, 2.24) is 10.7 Å². The maximum atomic E-state index is 12.2. The van der Waals surface area contributed by atoms with Crippen molar-refractivity contribution in [2.45, 2.75) is 12.5 Å². The standard InChI is InChI=1S/C14H19N7O5/c1-26-14(21-20-9(11(15)24)6-10(22)23)19-12(25)7-3-2-4-8(5-7)18-13(16)17/h2-5,9,20H,6H2,1H3,(H2,15,24)(H,22,23)(H4,16,17,18)(H,19,21,25)/t9-/m0/s1. The Bertz CT molecular complexity index is 734. The first-order valence-electron chi connectivity index (χ1n) is 7.13. The number of hydrogen-bond donors (Lipinski definition) is 7. The van der Waals surface area contributed by atoms with Crippen LogP contribution in [0.4, 0.5) is 5.69 Å². The summed E-state index contributed by atoms with van der Waals surface area (Å²) in [4.78, 5) is 34.1. The number of rotatable bonds is 7. The largest absolute Gasteiger partial charge is 0.481 e. The quantitative estimate of drug-likeness (QED) is 0.172. The number of guanidine groups is 1. The van der Waals surface area contributed by atoms with Crippen LogP contribution in [0.1, 0.15) is 16.8 Å². The van der Waals surface area contributed by atoms with E-state index >= 15 is 0 Å². The molecule has 0 unspecified atom stereocenters. The molecule has 26 heavy (non-hydrogen) atoms. The SMILES string of the molecule is COC(=NN[C@@H](CC(=O)O)C(N)=O)NC(=O)c1cccc(NC(=N)N)c1. The Morgan fingerprint density at radius 3 is 2.58 bits per heavy atom. The van der Waals surface area contributed by atoms with Crippen LogP contribution >= 0.6 is 0 Å². The second-order valence-corrected chi connectivity index (χ2v) is 4.88. The number of carbonyl (C=O) groups is 3. The maximum absolute atomic E-state index is 12.2. The zero-order valence-electron chi connectivity index (χ0n) is 13.8. The number of primary amides is 1. The lowest BCUT2D eigenvalue weighted by Gasteiger charge is -2.12. The van der Waals surface area contributed by atoms with E-state index in [1.807, 2.05) is 0 Å². The Hall–Kier alpha value is -3.83. The summed E-state index contributed by atoms with van der Waals surface area (Å²) in [6.07, 6.45) is -0.595. The lowest BCUT2D eigenvalue weighted by Crippen LogP contribution is -2.42. The van der Waals surface area contributed by atoms with Crippen molar-refractivity contribution in [3.8, 4) is 0 Å². The average Bonchev–Trinajstić information content (AvgIpc) is 2.56. The van der Waals surface area contributed by atoms with Gasteiger partial charge in [0.1, 0.15) is 6.04 Å². The first-order chi connectivity index (χ1) is 12.2. The van der Waals surface area contributed by atoms with Crippen LogP contribution in [-0.2, 0) is 14.3 Å². The van der Waals surface area contributed by atoms with E-state index in [0.717, 1.165) is 0 Å². The first kappa shape index (κ1) is 20.2. The van der Waals surface area contributed by atoms with Crippen molar-refractivity contribution in [3.05, 3.63) is 29.8 Å². The van der Waals surface area contributed by atoms with Gasteiger partial charge in [-0.25, -0.2) is 0 Å². The smallest absolute Gasteiger partial charge is 0.313 e. The molecule has 0 aromatic heterocycles. The molecular weight excluding hydrogens is 346 g/mol. The number of hydrogen-bond acceptors (Lipinski definition) is 7. The molecule has 0 aliphatic rings. The molecule has 0 fully saturated rings. The van der Waals surface area contributed by atoms with Gasteiger partial charge in [0.2, 0.25) is 5.91 Å². The molecule has 0 saturated carbocycles. The second-order valence-electron chi connectivity index (χ2n) is 4.88. The Morgan fingerprint density at radius 2 is 2.04 bits per heavy atom. The third-order valence-electron chi connectivity index (χ3n) is 2.86. The van der Waals surface area contributed by atoms with Crippen LogP contribution < -0.4 is 27.5 Å². The van der Waals surface area contributed by atoms with Crippen molar-refractivity contribution < 1.29 is 24.2 Å². The average molecular weight is 365 g/mol. The number of amides is 2. The molecular formula is C14H19N7O5. The van der Waals surface area contributed by atoms with Crippen LogP contribution in [0.3, 0.4) is 0 Å². The van der Waals surface area contributed by atoms with Crippen LogP contribution in [0.5, 0.6) is 0 Å². The molecule has 1 aromatic carbocycles. The number of nitrogens with zero attached hydrogens (tertiary/aromatic N) is 1. The van der Waals surface area contributed by atoms with E-state index in [4.69, 9.17) is 26.7 Å². The Kier molecular flexibility index (Phi) is 7.36. The molecule has 9 N–H and O–H groups in total. The van der Waals surface area contributed by atoms with E-state index < -0.39 is 30.2 Å². The molecule has 12 heteroatoms. The van der Waals surface area contributed by atoms with Crippen LogP contribution in [0.15, 0.2) is 29.4 Å². The molecule has 0 spiro atoms. The van der Waals surface area contributed by atoms with Gasteiger partial charge in [0.25, 0.3) is 5.91 Å². The van der Waals surface area contributed by atoms with Crippen LogP contribution in [0.25, 0.3) is 0 Å². The molecule has 1 rings (SSSR count). The highest BCUT2D eigenvalue weighted by Crippen LogP contribution is 2.10. The summed E-state index contributed by atoms with van der Waals surface area (Å²) in [5.74, 6) is -3.08. The van der Waals surface area contributed by atoms with Crippen molar-refractivity contribution in [2.24, 2.45) is 16.6 Å². The summed E-state index contributed by atoms with van der Waals surface area (Å²) in [6, 6.07) is 4.52. The molecule has 1 aromatic rings. The summed E-state index contributed by atoms with van der Waals surface area (Å²) in [5.41, 5.74) is 13.2. The fourth-order valence-electron chi connectivity index (χ4n) is 1.71. The van der Waals surface area contributed by atoms with Gasteiger partial charge in [0.15, 0.2) is 5.96 Å². The summed E-state index contributed by atoms with van der Waals surface area (Å²) in [7, 11) is 1.21. The third-order valence-corrected chi connectivity index (χ3v) is 2.86. The van der Waals surface area contributed by atoms with Gasteiger partial charge in [-0.1, -0.05) is 6.07 Å². The van der Waals surface area contributed by atoms with Gasteiger partial charge >= 0.3 is 12.0 Å². The van der Waals surface area contributed by atoms with Gasteiger partial charge in [-0.05, 0) is 18.2 Å². The highest BCUT2D eigenvalue weighted by molar-refractivity contribution is 6.05. The number of amidine groups is 1. The van der Waals surface area contributed by atoms with E-state index in [2.05, 4.69) is 21.2 Å². The van der Waals surface area contributed by atoms with Crippen molar-refractivity contribution in [3.63, 3.8) is 0 Å². The number of anilines is 1. The summed E-state index contributed by atoms with van der Waals surface area (Å²) in [5, 5.41) is 24.4. The van der Waals surface area contributed by atoms with Crippen LogP contribution in [-0.4, -0.2) is 48.0 Å². The number of benzene rings is 1. The fourth-order valence-corrected chi connectivity index (χ4v) is 1.71. The highest BCUT2D eigenvalue weighted by atomic mass is 16.5. The monoisotopic (exact) mass is 365 g/mol. The van der Waals surface area contributed by atoms with E-state index in [1.54, 1.807) is 12.1 Å². The number of nitrogens with two attached hydrogens (primary N) is 2. The molecule has 1 atom stereocenters. The minimum absolute atomic E-state index is 0.206. The van der Waals surface area contributed by atoms with Crippen LogP contribution in [0, 0.1) is 5.41 Å². The van der Waals surface area contributed by atoms with E-state index in [1.165, 1.54) is 19.2 Å². The Labute approximate surface area is 148 Å². The van der Waals surface area contributed by atoms with Gasteiger partial charge in [0, 0.05) is 11.3 Å². The van der Waals surface area contributed by atoms with Crippen molar-refractivity contribution >= 4 is 35.5 Å². The zero-order chi connectivity index (χ0) is 19.7. The van der Waals surface area contributed by atoms with Gasteiger partial charge in [-0.15, -0.1) is 5.10 Å². The molecule has 0 aliphatic carbocycles. The molecule has 140 valence electrons. The number of hydrazone groups is 1. The normalized spacial score (nSPS) is 11.8. The molecule has 0 radical (unpaired) electrons. The molecule has 0 bridgehead atoms. The molecule has 2 amide bonds. The minimum atomic E-state index is -1.28. The fraction of sp³-hybridized carbons (Fsp3) is 0.214. The number of methoxy groups -OCH3 is 1. The summed E-state index contributed by atoms with van der Waals surface area (Å²) >= 11 is 0. The molecule has 0 aliphatic heterocycles. The van der Waals surface area contributed by atoms with Gasteiger partial charge in [-0.3, -0.25) is 30.5 Å². The highest BCUT2D eigenvalue weighted by Gasteiger charge is 2.19. The number of ether oxygens (including phenoxy) is 1. The van der Waals surface area contributed by atoms with E-state index in [0.29, 0.717) is 5.69 Å². The van der Waals surface area contributed by atoms with E-state index in [9.17, 15) is 14.4 Å². The number of nitrogens with one attached hydrogen (secondary N) is 4. The number of aliphatic carboxylic acids is 1. The number of carbonyl (C=O) groups excluding carboxylic acids is 2. The zero-order valence-corrected chi connectivity index (χ0v) is 13.8. The number of carboxylic acids is 1. The summed E-state index contributed by atoms with van der Waals surface area (Å²) in [6.45, 7) is 0. The van der Waals surface area contributed by atoms with Gasteiger partial charge in [0.05, 0.1) is 13.5 Å².